The molecule has 152 valence electrons. The first-order chi connectivity index (χ1) is 14.0. The zero-order chi connectivity index (χ0) is 20.8. The Morgan fingerprint density at radius 1 is 1.21 bits per heavy atom. The molecule has 0 bridgehead atoms. The summed E-state index contributed by atoms with van der Waals surface area (Å²) in [4.78, 5) is 29.0. The van der Waals surface area contributed by atoms with E-state index in [1.165, 1.54) is 17.3 Å². The molecule has 0 saturated carbocycles. The van der Waals surface area contributed by atoms with Gasteiger partial charge >= 0.3 is 0 Å². The Balaban J connectivity index is 1.57. The first-order valence-electron chi connectivity index (χ1n) is 9.58. The second kappa shape index (κ2) is 9.60. The van der Waals surface area contributed by atoms with E-state index in [0.717, 1.165) is 12.1 Å². The molecule has 1 aliphatic heterocycles. The maximum atomic E-state index is 12.3. The molecule has 2 aromatic carbocycles. The van der Waals surface area contributed by atoms with E-state index >= 15 is 0 Å². The van der Waals surface area contributed by atoms with Crippen LogP contribution in [0.5, 0.6) is 5.75 Å². The van der Waals surface area contributed by atoms with Crippen LogP contribution >= 0.6 is 11.8 Å². The van der Waals surface area contributed by atoms with Gasteiger partial charge in [0.15, 0.2) is 5.17 Å². The highest BCUT2D eigenvalue weighted by atomic mass is 32.2. The van der Waals surface area contributed by atoms with E-state index in [9.17, 15) is 9.59 Å². The lowest BCUT2D eigenvalue weighted by Gasteiger charge is -2.08. The number of hydrogen-bond donors (Lipinski definition) is 2. The number of hydrogen-bond acceptors (Lipinski definition) is 5. The largest absolute Gasteiger partial charge is 0.497 e. The van der Waals surface area contributed by atoms with Crippen molar-refractivity contribution in [2.75, 3.05) is 12.4 Å². The van der Waals surface area contributed by atoms with Crippen molar-refractivity contribution in [1.29, 1.82) is 0 Å². The van der Waals surface area contributed by atoms with Crippen LogP contribution in [0.2, 0.25) is 0 Å². The Hall–Kier alpha value is -2.80. The number of anilines is 1. The molecule has 0 aromatic heterocycles. The molecule has 7 heteroatoms. The molecular weight excluding hydrogens is 386 g/mol. The minimum atomic E-state index is -0.494. The fourth-order valence-corrected chi connectivity index (χ4v) is 3.87. The number of benzene rings is 2. The van der Waals surface area contributed by atoms with Gasteiger partial charge in [-0.25, -0.2) is 4.99 Å². The molecule has 3 rings (SSSR count). The molecular formula is C22H25N3O3S. The Morgan fingerprint density at radius 3 is 2.52 bits per heavy atom. The van der Waals surface area contributed by atoms with Crippen LogP contribution in [0.15, 0.2) is 53.5 Å². The molecule has 0 aliphatic carbocycles. The summed E-state index contributed by atoms with van der Waals surface area (Å²) in [5.74, 6) is 0.800. The van der Waals surface area contributed by atoms with Crippen molar-refractivity contribution in [1.82, 2.24) is 5.32 Å². The number of amidine groups is 1. The van der Waals surface area contributed by atoms with Crippen LogP contribution in [-0.4, -0.2) is 29.3 Å². The molecule has 1 heterocycles. The Morgan fingerprint density at radius 2 is 1.90 bits per heavy atom. The number of carbonyl (C=O) groups excluding carboxylic acids is 2. The van der Waals surface area contributed by atoms with Gasteiger partial charge in [-0.15, -0.1) is 0 Å². The zero-order valence-electron chi connectivity index (χ0n) is 16.8. The molecule has 1 fully saturated rings. The van der Waals surface area contributed by atoms with Crippen molar-refractivity contribution in [3.05, 3.63) is 54.1 Å². The van der Waals surface area contributed by atoms with Crippen molar-refractivity contribution >= 4 is 40.1 Å². The van der Waals surface area contributed by atoms with E-state index in [0.29, 0.717) is 22.5 Å². The van der Waals surface area contributed by atoms with Crippen molar-refractivity contribution in [2.45, 2.75) is 37.9 Å². The monoisotopic (exact) mass is 411 g/mol. The summed E-state index contributed by atoms with van der Waals surface area (Å²) < 4.78 is 5.10. The van der Waals surface area contributed by atoms with Gasteiger partial charge < -0.3 is 15.4 Å². The molecule has 6 nitrogen and oxygen atoms in total. The second-order valence-electron chi connectivity index (χ2n) is 6.89. The van der Waals surface area contributed by atoms with Gasteiger partial charge in [-0.3, -0.25) is 9.59 Å². The number of thioether (sulfide) groups is 1. The first-order valence-corrected chi connectivity index (χ1v) is 10.5. The fourth-order valence-electron chi connectivity index (χ4n) is 2.88. The number of ether oxygens (including phenoxy) is 1. The van der Waals surface area contributed by atoms with Crippen LogP contribution in [-0.2, 0) is 9.59 Å². The van der Waals surface area contributed by atoms with Crippen LogP contribution in [0.3, 0.4) is 0 Å². The average Bonchev–Trinajstić information content (AvgIpc) is 3.07. The highest BCUT2D eigenvalue weighted by Crippen LogP contribution is 2.27. The summed E-state index contributed by atoms with van der Waals surface area (Å²) in [5.41, 5.74) is 2.71. The summed E-state index contributed by atoms with van der Waals surface area (Å²) >= 11 is 1.28. The third kappa shape index (κ3) is 5.60. The van der Waals surface area contributed by atoms with Gasteiger partial charge in [0.2, 0.25) is 11.8 Å². The SMILES string of the molecule is CC[C@@H](C)c1ccc(N=C2NC(=O)[C@H](CC(=O)Nc3ccc(OC)cc3)S2)cc1. The number of rotatable bonds is 7. The summed E-state index contributed by atoms with van der Waals surface area (Å²) in [6.45, 7) is 4.35. The summed E-state index contributed by atoms with van der Waals surface area (Å²) in [7, 11) is 1.59. The molecule has 0 spiro atoms. The lowest BCUT2D eigenvalue weighted by Crippen LogP contribution is -2.28. The lowest BCUT2D eigenvalue weighted by molar-refractivity contribution is -0.122. The third-order valence-electron chi connectivity index (χ3n) is 4.83. The minimum Gasteiger partial charge on any atom is -0.497 e. The summed E-state index contributed by atoms with van der Waals surface area (Å²) in [5, 5.41) is 5.59. The second-order valence-corrected chi connectivity index (χ2v) is 8.09. The van der Waals surface area contributed by atoms with Crippen molar-refractivity contribution in [3.8, 4) is 5.75 Å². The quantitative estimate of drug-likeness (QED) is 0.705. The number of nitrogens with zero attached hydrogens (tertiary/aromatic N) is 1. The van der Waals surface area contributed by atoms with Gasteiger partial charge in [0.05, 0.1) is 12.8 Å². The van der Waals surface area contributed by atoms with Gasteiger partial charge in [0.25, 0.3) is 0 Å². The molecule has 2 atom stereocenters. The molecule has 2 N–H and O–H groups in total. The normalized spacial score (nSPS) is 18.4. The number of nitrogens with one attached hydrogen (secondary N) is 2. The van der Waals surface area contributed by atoms with Crippen molar-refractivity contribution in [2.24, 2.45) is 4.99 Å². The number of aliphatic imine (C=N–C) groups is 1. The number of amides is 2. The molecule has 2 amide bonds. The van der Waals surface area contributed by atoms with Crippen LogP contribution in [0.1, 0.15) is 38.2 Å². The third-order valence-corrected chi connectivity index (χ3v) is 5.91. The molecule has 2 aromatic rings. The molecule has 29 heavy (non-hydrogen) atoms. The fraction of sp³-hybridized carbons (Fsp3) is 0.318. The Bertz CT molecular complexity index is 895. The van der Waals surface area contributed by atoms with E-state index in [-0.39, 0.29) is 18.2 Å². The van der Waals surface area contributed by atoms with Crippen LogP contribution in [0.25, 0.3) is 0 Å². The predicted octanol–water partition coefficient (Wildman–Crippen LogP) is 4.46. The lowest BCUT2D eigenvalue weighted by atomic mass is 9.99. The maximum absolute atomic E-state index is 12.3. The topological polar surface area (TPSA) is 79.8 Å². The van der Waals surface area contributed by atoms with E-state index in [1.54, 1.807) is 31.4 Å². The van der Waals surface area contributed by atoms with Crippen LogP contribution in [0.4, 0.5) is 11.4 Å². The van der Waals surface area contributed by atoms with Crippen molar-refractivity contribution in [3.63, 3.8) is 0 Å². The smallest absolute Gasteiger partial charge is 0.240 e. The van der Waals surface area contributed by atoms with E-state index < -0.39 is 5.25 Å². The predicted molar refractivity (Wildman–Crippen MR) is 118 cm³/mol. The highest BCUT2D eigenvalue weighted by Gasteiger charge is 2.32. The maximum Gasteiger partial charge on any atom is 0.240 e. The number of carbonyl (C=O) groups is 2. The Kier molecular flexibility index (Phi) is 6.93. The summed E-state index contributed by atoms with van der Waals surface area (Å²) in [6, 6.07) is 15.1. The average molecular weight is 412 g/mol. The summed E-state index contributed by atoms with van der Waals surface area (Å²) in [6.07, 6.45) is 1.16. The first kappa shape index (κ1) is 20.9. The molecule has 1 aliphatic rings. The van der Waals surface area contributed by atoms with Crippen molar-refractivity contribution < 1.29 is 14.3 Å². The minimum absolute atomic E-state index is 0.0779. The van der Waals surface area contributed by atoms with Crippen LogP contribution in [0, 0.1) is 0 Å². The van der Waals surface area contributed by atoms with E-state index in [4.69, 9.17) is 4.74 Å². The standard InChI is InChI=1S/C22H25N3O3S/c1-4-14(2)15-5-7-17(8-6-15)24-22-25-21(27)19(29-22)13-20(26)23-16-9-11-18(28-3)12-10-16/h5-12,14,19H,4,13H2,1-3H3,(H,23,26)(H,24,25,27)/t14-,19+/m1/s1. The van der Waals surface area contributed by atoms with Gasteiger partial charge in [-0.05, 0) is 54.3 Å². The van der Waals surface area contributed by atoms with E-state index in [1.807, 2.05) is 12.1 Å². The zero-order valence-corrected chi connectivity index (χ0v) is 17.6. The Labute approximate surface area is 175 Å². The van der Waals surface area contributed by atoms with Gasteiger partial charge in [-0.1, -0.05) is 37.7 Å². The van der Waals surface area contributed by atoms with Gasteiger partial charge in [-0.2, -0.15) is 0 Å². The number of methoxy groups -OCH3 is 1. The molecule has 1 saturated heterocycles. The van der Waals surface area contributed by atoms with Crippen LogP contribution < -0.4 is 15.4 Å². The van der Waals surface area contributed by atoms with E-state index in [2.05, 4.69) is 41.6 Å². The molecule has 0 radical (unpaired) electrons. The highest BCUT2D eigenvalue weighted by molar-refractivity contribution is 8.15. The van der Waals surface area contributed by atoms with Gasteiger partial charge in [0, 0.05) is 12.1 Å². The molecule has 0 unspecified atom stereocenters. The van der Waals surface area contributed by atoms with Gasteiger partial charge in [0.1, 0.15) is 11.0 Å².